The molecule has 0 N–H and O–H groups in total. The summed E-state index contributed by atoms with van der Waals surface area (Å²) in [5, 5.41) is 0.383. The second-order valence-corrected chi connectivity index (χ2v) is 15.0. The van der Waals surface area contributed by atoms with Crippen molar-refractivity contribution in [3.05, 3.63) is 59.1 Å². The molecule has 0 radical (unpaired) electrons. The molecule has 32 heavy (non-hydrogen) atoms. The van der Waals surface area contributed by atoms with Crippen LogP contribution < -0.4 is 9.64 Å². The summed E-state index contributed by atoms with van der Waals surface area (Å²) in [5.41, 5.74) is 1.14. The Kier molecular flexibility index (Phi) is 6.89. The molecule has 1 amide bonds. The molecule has 3 atom stereocenters. The van der Waals surface area contributed by atoms with E-state index in [0.717, 1.165) is 0 Å². The molecule has 2 aromatic rings. The van der Waals surface area contributed by atoms with Gasteiger partial charge in [-0.1, -0.05) is 62.7 Å². The van der Waals surface area contributed by atoms with E-state index in [1.165, 1.54) is 12.0 Å². The van der Waals surface area contributed by atoms with E-state index in [1.54, 1.807) is 30.3 Å². The van der Waals surface area contributed by atoms with Crippen LogP contribution in [0.5, 0.6) is 5.75 Å². The topological polar surface area (TPSA) is 55.8 Å². The Morgan fingerprint density at radius 2 is 1.75 bits per heavy atom. The standard InChI is InChI=1S/C25H32ClNO4Si/c1-16(31-32(6,7)25(2,3)4)21-22(23(28)17-11-9-8-10-12-17)27(24(21)29)18-13-14-20(30-5)19(26)15-18/h8-16,21-22H,1-7H3/t16?,21-,22+/m0/s1. The van der Waals surface area contributed by atoms with Gasteiger partial charge in [-0.05, 0) is 43.3 Å². The van der Waals surface area contributed by atoms with Crippen LogP contribution in [0.15, 0.2) is 48.5 Å². The number of halogens is 1. The summed E-state index contributed by atoms with van der Waals surface area (Å²) in [7, 11) is -0.594. The number of β-lactam (4-membered cyclic amide) rings is 1. The number of carbonyl (C=O) groups is 2. The molecular weight excluding hydrogens is 442 g/mol. The second kappa shape index (κ2) is 9.00. The van der Waals surface area contributed by atoms with Crippen LogP contribution in [-0.2, 0) is 9.22 Å². The van der Waals surface area contributed by atoms with Gasteiger partial charge in [-0.2, -0.15) is 0 Å². The first kappa shape index (κ1) is 24.5. The van der Waals surface area contributed by atoms with Gasteiger partial charge < -0.3 is 14.1 Å². The van der Waals surface area contributed by atoms with Crippen molar-refractivity contribution in [2.24, 2.45) is 5.92 Å². The highest BCUT2D eigenvalue weighted by Gasteiger charge is 2.56. The van der Waals surface area contributed by atoms with Gasteiger partial charge in [0.2, 0.25) is 5.91 Å². The molecule has 5 nitrogen and oxygen atoms in total. The number of methoxy groups -OCH3 is 1. The maximum Gasteiger partial charge on any atom is 0.235 e. The number of ether oxygens (including phenoxy) is 1. The van der Waals surface area contributed by atoms with Gasteiger partial charge in [-0.15, -0.1) is 0 Å². The molecule has 0 aromatic heterocycles. The third-order valence-electron chi connectivity index (χ3n) is 6.67. The van der Waals surface area contributed by atoms with Crippen LogP contribution in [0.25, 0.3) is 0 Å². The predicted molar refractivity (Wildman–Crippen MR) is 131 cm³/mol. The third-order valence-corrected chi connectivity index (χ3v) is 11.5. The molecule has 0 bridgehead atoms. The van der Waals surface area contributed by atoms with Crippen LogP contribution in [0, 0.1) is 5.92 Å². The van der Waals surface area contributed by atoms with Crippen molar-refractivity contribution in [3.8, 4) is 5.75 Å². The number of nitrogens with zero attached hydrogens (tertiary/aromatic N) is 1. The van der Waals surface area contributed by atoms with E-state index in [-0.39, 0.29) is 22.8 Å². The molecule has 0 saturated carbocycles. The summed E-state index contributed by atoms with van der Waals surface area (Å²) in [4.78, 5) is 28.5. The lowest BCUT2D eigenvalue weighted by molar-refractivity contribution is -0.133. The normalized spacial score (nSPS) is 20.0. The maximum atomic E-state index is 13.5. The van der Waals surface area contributed by atoms with Gasteiger partial charge >= 0.3 is 0 Å². The number of Topliss-reactive ketones (excluding diaryl/α,β-unsaturated/α-hetero) is 1. The number of hydrogen-bond donors (Lipinski definition) is 0. The van der Waals surface area contributed by atoms with Crippen LogP contribution in [0.3, 0.4) is 0 Å². The Bertz CT molecular complexity index is 1000. The summed E-state index contributed by atoms with van der Waals surface area (Å²) in [6.45, 7) is 12.7. The molecule has 2 aromatic carbocycles. The minimum absolute atomic E-state index is 0.00378. The van der Waals surface area contributed by atoms with Gasteiger partial charge in [0.25, 0.3) is 0 Å². The van der Waals surface area contributed by atoms with Crippen molar-refractivity contribution < 1.29 is 18.8 Å². The Morgan fingerprint density at radius 1 is 1.12 bits per heavy atom. The zero-order valence-corrected chi connectivity index (χ0v) is 21.6. The summed E-state index contributed by atoms with van der Waals surface area (Å²) >= 11 is 6.32. The minimum Gasteiger partial charge on any atom is -0.495 e. The van der Waals surface area contributed by atoms with E-state index in [0.29, 0.717) is 22.0 Å². The van der Waals surface area contributed by atoms with Crippen molar-refractivity contribution in [1.29, 1.82) is 0 Å². The number of hydrogen-bond acceptors (Lipinski definition) is 4. The lowest BCUT2D eigenvalue weighted by Crippen LogP contribution is -2.69. The molecule has 0 spiro atoms. The predicted octanol–water partition coefficient (Wildman–Crippen LogP) is 5.97. The van der Waals surface area contributed by atoms with Crippen LogP contribution in [-0.4, -0.2) is 39.3 Å². The number of ketones is 1. The summed E-state index contributed by atoms with van der Waals surface area (Å²) in [5.74, 6) is -0.280. The van der Waals surface area contributed by atoms with Crippen LogP contribution in [0.2, 0.25) is 23.2 Å². The van der Waals surface area contributed by atoms with Gasteiger partial charge in [0.1, 0.15) is 11.8 Å². The lowest BCUT2D eigenvalue weighted by Gasteiger charge is -2.50. The number of amides is 1. The Balaban J connectivity index is 1.98. The van der Waals surface area contributed by atoms with Gasteiger partial charge in [0.15, 0.2) is 14.1 Å². The highest BCUT2D eigenvalue weighted by molar-refractivity contribution is 6.74. The molecular formula is C25H32ClNO4Si. The van der Waals surface area contributed by atoms with Crippen LogP contribution in [0.1, 0.15) is 38.1 Å². The summed E-state index contributed by atoms with van der Waals surface area (Å²) in [6.07, 6.45) is -0.383. The Labute approximate surface area is 196 Å². The van der Waals surface area contributed by atoms with Crippen molar-refractivity contribution in [1.82, 2.24) is 0 Å². The molecule has 7 heteroatoms. The fraction of sp³-hybridized carbons (Fsp3) is 0.440. The molecule has 0 aliphatic carbocycles. The van der Waals surface area contributed by atoms with E-state index < -0.39 is 20.3 Å². The fourth-order valence-electron chi connectivity index (χ4n) is 3.83. The second-order valence-electron chi connectivity index (χ2n) is 9.81. The van der Waals surface area contributed by atoms with Gasteiger partial charge in [-0.25, -0.2) is 0 Å². The van der Waals surface area contributed by atoms with E-state index in [1.807, 2.05) is 25.1 Å². The molecule has 3 rings (SSSR count). The first-order valence-electron chi connectivity index (χ1n) is 10.8. The third kappa shape index (κ3) is 4.49. The van der Waals surface area contributed by atoms with Crippen LogP contribution >= 0.6 is 11.6 Å². The van der Waals surface area contributed by atoms with E-state index in [9.17, 15) is 9.59 Å². The zero-order valence-electron chi connectivity index (χ0n) is 19.8. The highest BCUT2D eigenvalue weighted by atomic mass is 35.5. The molecule has 1 fully saturated rings. The SMILES string of the molecule is COc1ccc(N2C(=O)[C@@H](C(C)O[Si](C)(C)C(C)(C)C)[C@@H]2C(=O)c2ccccc2)cc1Cl. The summed E-state index contributed by atoms with van der Waals surface area (Å²) in [6, 6.07) is 13.5. The highest BCUT2D eigenvalue weighted by Crippen LogP contribution is 2.43. The minimum atomic E-state index is -2.13. The average molecular weight is 474 g/mol. The van der Waals surface area contributed by atoms with E-state index in [2.05, 4.69) is 33.9 Å². The Hall–Kier alpha value is -2.15. The Morgan fingerprint density at radius 3 is 2.28 bits per heavy atom. The van der Waals surface area contributed by atoms with Gasteiger partial charge in [-0.3, -0.25) is 9.59 Å². The molecule has 172 valence electrons. The first-order valence-corrected chi connectivity index (χ1v) is 14.1. The number of benzene rings is 2. The zero-order chi connectivity index (χ0) is 23.8. The van der Waals surface area contributed by atoms with Gasteiger partial charge in [0, 0.05) is 11.3 Å². The smallest absolute Gasteiger partial charge is 0.235 e. The van der Waals surface area contributed by atoms with Crippen LogP contribution in [0.4, 0.5) is 5.69 Å². The fourth-order valence-corrected chi connectivity index (χ4v) is 5.51. The number of anilines is 1. The first-order chi connectivity index (χ1) is 14.9. The largest absolute Gasteiger partial charge is 0.495 e. The average Bonchev–Trinajstić information content (AvgIpc) is 2.71. The molecule has 1 aliphatic rings. The number of rotatable bonds is 7. The van der Waals surface area contributed by atoms with Crippen molar-refractivity contribution >= 4 is 37.3 Å². The molecule has 1 heterocycles. The monoisotopic (exact) mass is 473 g/mol. The van der Waals surface area contributed by atoms with Crippen molar-refractivity contribution in [2.45, 2.75) is 58.0 Å². The maximum absolute atomic E-state index is 13.5. The van der Waals surface area contributed by atoms with E-state index in [4.69, 9.17) is 20.8 Å². The molecule has 1 unspecified atom stereocenters. The van der Waals surface area contributed by atoms with Gasteiger partial charge in [0.05, 0.1) is 24.2 Å². The molecule has 1 aliphatic heterocycles. The van der Waals surface area contributed by atoms with E-state index >= 15 is 0 Å². The molecule has 1 saturated heterocycles. The quantitative estimate of drug-likeness (QED) is 0.282. The number of carbonyl (C=O) groups excluding carboxylic acids is 2. The van der Waals surface area contributed by atoms with Crippen molar-refractivity contribution in [2.75, 3.05) is 12.0 Å². The summed E-state index contributed by atoms with van der Waals surface area (Å²) < 4.78 is 11.8. The van der Waals surface area contributed by atoms with Crippen molar-refractivity contribution in [3.63, 3.8) is 0 Å². The lowest BCUT2D eigenvalue weighted by atomic mass is 9.78.